The number of benzene rings is 1. The molecule has 0 fully saturated rings. The molecule has 8 nitrogen and oxygen atoms in total. The number of aromatic amines is 1. The summed E-state index contributed by atoms with van der Waals surface area (Å²) >= 11 is 0. The molecule has 8 heteroatoms. The Bertz CT molecular complexity index is 749. The van der Waals surface area contributed by atoms with E-state index in [1.807, 2.05) is 0 Å². The summed E-state index contributed by atoms with van der Waals surface area (Å²) in [7, 11) is 0. The van der Waals surface area contributed by atoms with E-state index in [9.17, 15) is 19.7 Å². The van der Waals surface area contributed by atoms with Gasteiger partial charge in [-0.15, -0.1) is 0 Å². The summed E-state index contributed by atoms with van der Waals surface area (Å²) in [5.41, 5.74) is 1.21. The molecule has 128 valence electrons. The van der Waals surface area contributed by atoms with Crippen molar-refractivity contribution in [1.29, 1.82) is 0 Å². The number of nitro benzene ring substituents is 1. The lowest BCUT2D eigenvalue weighted by atomic mass is 9.99. The summed E-state index contributed by atoms with van der Waals surface area (Å²) in [6, 6.07) is 4.37. The first-order chi connectivity index (χ1) is 11.5. The lowest BCUT2D eigenvalue weighted by molar-refractivity contribution is -0.384. The predicted molar refractivity (Wildman–Crippen MR) is 85.4 cm³/mol. The van der Waals surface area contributed by atoms with E-state index in [1.54, 1.807) is 26.1 Å². The smallest absolute Gasteiger partial charge is 0.320 e. The van der Waals surface area contributed by atoms with E-state index in [4.69, 9.17) is 9.47 Å². The number of non-ortho nitro benzene ring substituents is 1. The number of nitrogens with zero attached hydrogens (tertiary/aromatic N) is 1. The van der Waals surface area contributed by atoms with Gasteiger partial charge in [0.05, 0.1) is 23.7 Å². The van der Waals surface area contributed by atoms with Gasteiger partial charge in [-0.1, -0.05) is 0 Å². The molecule has 24 heavy (non-hydrogen) atoms. The topological polar surface area (TPSA) is 112 Å². The Morgan fingerprint density at radius 3 is 2.38 bits per heavy atom. The van der Waals surface area contributed by atoms with Gasteiger partial charge >= 0.3 is 11.9 Å². The fourth-order valence-electron chi connectivity index (χ4n) is 2.43. The van der Waals surface area contributed by atoms with Crippen LogP contribution in [0, 0.1) is 16.0 Å². The zero-order valence-electron chi connectivity index (χ0n) is 13.4. The van der Waals surface area contributed by atoms with Crippen molar-refractivity contribution in [2.24, 2.45) is 5.92 Å². The number of esters is 2. The zero-order valence-corrected chi connectivity index (χ0v) is 13.4. The number of fused-ring (bicyclic) bond motifs is 1. The second-order valence-corrected chi connectivity index (χ2v) is 5.06. The summed E-state index contributed by atoms with van der Waals surface area (Å²) in [5, 5.41) is 11.5. The van der Waals surface area contributed by atoms with Crippen LogP contribution in [0.25, 0.3) is 10.9 Å². The summed E-state index contributed by atoms with van der Waals surface area (Å²) in [6.07, 6.45) is 1.72. The number of carbonyl (C=O) groups is 2. The van der Waals surface area contributed by atoms with Crippen LogP contribution in [-0.2, 0) is 25.5 Å². The molecule has 2 aromatic rings. The Kier molecular flexibility index (Phi) is 5.51. The van der Waals surface area contributed by atoms with Crippen molar-refractivity contribution in [1.82, 2.24) is 4.98 Å². The number of nitro groups is 1. The van der Waals surface area contributed by atoms with Gasteiger partial charge in [-0.3, -0.25) is 19.7 Å². The highest BCUT2D eigenvalue weighted by Crippen LogP contribution is 2.25. The maximum Gasteiger partial charge on any atom is 0.320 e. The Hall–Kier alpha value is -2.90. The third-order valence-corrected chi connectivity index (χ3v) is 3.53. The molecule has 0 saturated carbocycles. The monoisotopic (exact) mass is 334 g/mol. The van der Waals surface area contributed by atoms with E-state index in [2.05, 4.69) is 4.98 Å². The first-order valence-corrected chi connectivity index (χ1v) is 7.55. The normalized spacial score (nSPS) is 10.8. The lowest BCUT2D eigenvalue weighted by Crippen LogP contribution is -2.30. The average molecular weight is 334 g/mol. The molecular weight excluding hydrogens is 316 g/mol. The van der Waals surface area contributed by atoms with E-state index in [0.29, 0.717) is 16.5 Å². The summed E-state index contributed by atoms with van der Waals surface area (Å²) in [5.74, 6) is -2.36. The van der Waals surface area contributed by atoms with Crippen LogP contribution in [0.3, 0.4) is 0 Å². The minimum atomic E-state index is -1.07. The lowest BCUT2D eigenvalue weighted by Gasteiger charge is -2.13. The highest BCUT2D eigenvalue weighted by atomic mass is 16.6. The fourth-order valence-corrected chi connectivity index (χ4v) is 2.43. The number of nitrogens with one attached hydrogen (secondary N) is 1. The van der Waals surface area contributed by atoms with Crippen LogP contribution in [0.15, 0.2) is 24.4 Å². The van der Waals surface area contributed by atoms with Gasteiger partial charge in [0.2, 0.25) is 0 Å². The molecule has 1 N–H and O–H groups in total. The van der Waals surface area contributed by atoms with Gasteiger partial charge in [-0.05, 0) is 31.9 Å². The van der Waals surface area contributed by atoms with Crippen molar-refractivity contribution in [3.05, 3.63) is 40.1 Å². The summed E-state index contributed by atoms with van der Waals surface area (Å²) in [6.45, 7) is 3.64. The second-order valence-electron chi connectivity index (χ2n) is 5.06. The van der Waals surface area contributed by atoms with E-state index in [-0.39, 0.29) is 25.3 Å². The molecule has 1 aromatic heterocycles. The number of hydrogen-bond acceptors (Lipinski definition) is 6. The van der Waals surface area contributed by atoms with Gasteiger partial charge in [-0.25, -0.2) is 0 Å². The zero-order chi connectivity index (χ0) is 17.7. The fraction of sp³-hybridized carbons (Fsp3) is 0.375. The highest BCUT2D eigenvalue weighted by molar-refractivity contribution is 5.96. The minimum absolute atomic E-state index is 0.0387. The molecule has 0 spiro atoms. The number of rotatable bonds is 7. The van der Waals surface area contributed by atoms with Crippen molar-refractivity contribution in [3.63, 3.8) is 0 Å². The standard InChI is InChI=1S/C16H18N2O6/c1-3-23-15(19)13(16(20)24-4-2)7-10-9-17-14-8-11(18(21)22)5-6-12(10)14/h5-6,8-9,13,17H,3-4,7H2,1-2H3. The van der Waals surface area contributed by atoms with E-state index >= 15 is 0 Å². The number of H-pyrrole nitrogens is 1. The van der Waals surface area contributed by atoms with Crippen LogP contribution >= 0.6 is 0 Å². The largest absolute Gasteiger partial charge is 0.465 e. The Labute approximate surface area is 137 Å². The molecule has 0 radical (unpaired) electrons. The highest BCUT2D eigenvalue weighted by Gasteiger charge is 2.30. The molecule has 0 saturated heterocycles. The van der Waals surface area contributed by atoms with Crippen LogP contribution in [-0.4, -0.2) is 35.1 Å². The van der Waals surface area contributed by atoms with Crippen LogP contribution in [0.5, 0.6) is 0 Å². The van der Waals surface area contributed by atoms with E-state index in [1.165, 1.54) is 12.1 Å². The van der Waals surface area contributed by atoms with Gasteiger partial charge < -0.3 is 14.5 Å². The van der Waals surface area contributed by atoms with Crippen LogP contribution in [0.1, 0.15) is 19.4 Å². The van der Waals surface area contributed by atoms with Crippen LogP contribution < -0.4 is 0 Å². The summed E-state index contributed by atoms with van der Waals surface area (Å²) in [4.78, 5) is 37.3. The van der Waals surface area contributed by atoms with Crippen molar-refractivity contribution < 1.29 is 24.0 Å². The molecule has 0 aliphatic carbocycles. The van der Waals surface area contributed by atoms with Crippen molar-refractivity contribution in [3.8, 4) is 0 Å². The molecule has 1 aromatic carbocycles. The molecule has 0 aliphatic rings. The molecule has 0 amide bonds. The van der Waals surface area contributed by atoms with Crippen LogP contribution in [0.2, 0.25) is 0 Å². The molecule has 0 bridgehead atoms. The quantitative estimate of drug-likeness (QED) is 0.360. The predicted octanol–water partition coefficient (Wildman–Crippen LogP) is 2.36. The number of ether oxygens (including phenoxy) is 2. The molecule has 0 aliphatic heterocycles. The Morgan fingerprint density at radius 2 is 1.83 bits per heavy atom. The molecular formula is C16H18N2O6. The van der Waals surface area contributed by atoms with Crippen molar-refractivity contribution in [2.75, 3.05) is 13.2 Å². The van der Waals surface area contributed by atoms with Gasteiger partial charge in [0.1, 0.15) is 0 Å². The first-order valence-electron chi connectivity index (χ1n) is 7.55. The molecule has 0 unspecified atom stereocenters. The number of hydrogen-bond donors (Lipinski definition) is 1. The first kappa shape index (κ1) is 17.5. The van der Waals surface area contributed by atoms with Gasteiger partial charge in [-0.2, -0.15) is 0 Å². The maximum atomic E-state index is 12.0. The molecule has 1 heterocycles. The Balaban J connectivity index is 2.31. The number of aromatic nitrogens is 1. The second kappa shape index (κ2) is 7.58. The number of carbonyl (C=O) groups excluding carboxylic acids is 2. The van der Waals surface area contributed by atoms with Crippen molar-refractivity contribution in [2.45, 2.75) is 20.3 Å². The third kappa shape index (κ3) is 3.70. The summed E-state index contributed by atoms with van der Waals surface area (Å²) < 4.78 is 9.89. The third-order valence-electron chi connectivity index (χ3n) is 3.53. The van der Waals surface area contributed by atoms with Gasteiger partial charge in [0.25, 0.3) is 5.69 Å². The SMILES string of the molecule is CCOC(=O)C(Cc1c[nH]c2cc([N+](=O)[O-])ccc12)C(=O)OCC. The van der Waals surface area contributed by atoms with E-state index in [0.717, 1.165) is 0 Å². The average Bonchev–Trinajstić information content (AvgIpc) is 2.95. The van der Waals surface area contributed by atoms with E-state index < -0.39 is 22.8 Å². The van der Waals surface area contributed by atoms with Gasteiger partial charge in [0, 0.05) is 23.7 Å². The van der Waals surface area contributed by atoms with Crippen molar-refractivity contribution >= 4 is 28.5 Å². The van der Waals surface area contributed by atoms with Gasteiger partial charge in [0.15, 0.2) is 5.92 Å². The maximum absolute atomic E-state index is 12.0. The molecule has 0 atom stereocenters. The van der Waals surface area contributed by atoms with Crippen LogP contribution in [0.4, 0.5) is 5.69 Å². The minimum Gasteiger partial charge on any atom is -0.465 e. The molecule has 2 rings (SSSR count). The Morgan fingerprint density at radius 1 is 1.21 bits per heavy atom.